The van der Waals surface area contributed by atoms with E-state index in [2.05, 4.69) is 45.7 Å². The predicted octanol–water partition coefficient (Wildman–Crippen LogP) is 3.14. The van der Waals surface area contributed by atoms with Gasteiger partial charge in [-0.1, -0.05) is 39.5 Å². The Morgan fingerprint density at radius 3 is 2.31 bits per heavy atom. The van der Waals surface area contributed by atoms with Gasteiger partial charge in [-0.2, -0.15) is 0 Å². The Labute approximate surface area is 82.9 Å². The lowest BCUT2D eigenvalue weighted by atomic mass is 9.85. The highest BCUT2D eigenvalue weighted by Gasteiger charge is 2.13. The van der Waals surface area contributed by atoms with Crippen molar-refractivity contribution in [1.82, 2.24) is 5.32 Å². The average Bonchev–Trinajstić information content (AvgIpc) is 2.02. The highest BCUT2D eigenvalue weighted by Crippen LogP contribution is 2.26. The summed E-state index contributed by atoms with van der Waals surface area (Å²) >= 11 is 0. The molecule has 1 N–H and O–H groups in total. The molecule has 0 aromatic rings. The van der Waals surface area contributed by atoms with E-state index in [0.717, 1.165) is 6.42 Å². The summed E-state index contributed by atoms with van der Waals surface area (Å²) in [6, 6.07) is 0.539. The second kappa shape index (κ2) is 5.23. The molecule has 0 amide bonds. The monoisotopic (exact) mass is 181 g/mol. The van der Waals surface area contributed by atoms with Crippen LogP contribution in [0.25, 0.3) is 0 Å². The summed E-state index contributed by atoms with van der Waals surface area (Å²) in [7, 11) is 1.99. The lowest BCUT2D eigenvalue weighted by molar-refractivity contribution is 0.510. The highest BCUT2D eigenvalue weighted by molar-refractivity contribution is 5.22. The van der Waals surface area contributed by atoms with Crippen molar-refractivity contribution in [1.29, 1.82) is 0 Å². The van der Waals surface area contributed by atoms with Gasteiger partial charge >= 0.3 is 0 Å². The molecule has 0 rings (SSSR count). The van der Waals surface area contributed by atoms with Crippen molar-refractivity contribution < 1.29 is 0 Å². The topological polar surface area (TPSA) is 12.0 Å². The minimum atomic E-state index is 0.217. The maximum atomic E-state index is 3.84. The third-order valence-corrected chi connectivity index (χ3v) is 2.27. The number of allylic oxidation sites excluding steroid dienone is 2. The van der Waals surface area contributed by atoms with Crippen LogP contribution in [0.15, 0.2) is 24.3 Å². The largest absolute Gasteiger partial charge is 0.317 e. The van der Waals surface area contributed by atoms with E-state index in [4.69, 9.17) is 0 Å². The van der Waals surface area contributed by atoms with Crippen LogP contribution in [-0.2, 0) is 0 Å². The van der Waals surface area contributed by atoms with E-state index in [9.17, 15) is 0 Å². The molecule has 0 aliphatic carbocycles. The summed E-state index contributed by atoms with van der Waals surface area (Å²) in [5.74, 6) is 0. The normalized spacial score (nSPS) is 15.6. The number of nitrogens with one attached hydrogen (secondary N) is 1. The maximum Gasteiger partial charge on any atom is 0.00704 e. The predicted molar refractivity (Wildman–Crippen MR) is 60.9 cm³/mol. The van der Waals surface area contributed by atoms with Crippen LogP contribution >= 0.6 is 0 Å². The van der Waals surface area contributed by atoms with E-state index in [1.54, 1.807) is 0 Å². The second-order valence-corrected chi connectivity index (χ2v) is 4.54. The lowest BCUT2D eigenvalue weighted by Crippen LogP contribution is -2.20. The van der Waals surface area contributed by atoms with Gasteiger partial charge in [-0.15, -0.1) is 0 Å². The fourth-order valence-electron chi connectivity index (χ4n) is 1.12. The first-order chi connectivity index (χ1) is 5.91. The Bertz CT molecular complexity index is 184. The lowest BCUT2D eigenvalue weighted by Gasteiger charge is -2.20. The fourth-order valence-corrected chi connectivity index (χ4v) is 1.12. The number of hydrogen-bond donors (Lipinski definition) is 1. The summed E-state index contributed by atoms with van der Waals surface area (Å²) in [4.78, 5) is 0. The van der Waals surface area contributed by atoms with E-state index in [-0.39, 0.29) is 5.41 Å². The molecule has 0 aliphatic rings. The van der Waals surface area contributed by atoms with E-state index >= 15 is 0 Å². The summed E-state index contributed by atoms with van der Waals surface area (Å²) in [6.45, 7) is 12.7. The molecule has 0 spiro atoms. The van der Waals surface area contributed by atoms with Gasteiger partial charge in [0.1, 0.15) is 0 Å². The van der Waals surface area contributed by atoms with Crippen LogP contribution in [0.1, 0.15) is 34.1 Å². The second-order valence-electron chi connectivity index (χ2n) is 4.54. The standard InChI is InChI=1S/C12H23N/c1-7-11(12(3,4)5)9-8-10(2)13-6/h7,9-10,13H,1,8H2,2-6H3/b11-9+. The van der Waals surface area contributed by atoms with Gasteiger partial charge in [0.2, 0.25) is 0 Å². The zero-order valence-corrected chi connectivity index (χ0v) is 9.65. The van der Waals surface area contributed by atoms with Gasteiger partial charge in [0, 0.05) is 6.04 Å². The van der Waals surface area contributed by atoms with E-state index in [1.807, 2.05) is 13.1 Å². The van der Waals surface area contributed by atoms with Crippen molar-refractivity contribution in [2.45, 2.75) is 40.2 Å². The highest BCUT2D eigenvalue weighted by atomic mass is 14.8. The molecule has 0 aliphatic heterocycles. The Morgan fingerprint density at radius 1 is 1.46 bits per heavy atom. The fraction of sp³-hybridized carbons (Fsp3) is 0.667. The Balaban J connectivity index is 4.32. The zero-order chi connectivity index (χ0) is 10.5. The molecule has 13 heavy (non-hydrogen) atoms. The molecule has 0 saturated heterocycles. The molecule has 0 radical (unpaired) electrons. The molecule has 1 nitrogen and oxygen atoms in total. The first-order valence-corrected chi connectivity index (χ1v) is 4.92. The van der Waals surface area contributed by atoms with Crippen molar-refractivity contribution in [2.75, 3.05) is 7.05 Å². The minimum Gasteiger partial charge on any atom is -0.317 e. The molecule has 1 heteroatoms. The molecular formula is C12H23N. The Hall–Kier alpha value is -0.560. The van der Waals surface area contributed by atoms with Crippen molar-refractivity contribution in [2.24, 2.45) is 5.41 Å². The maximum absolute atomic E-state index is 3.84. The zero-order valence-electron chi connectivity index (χ0n) is 9.65. The van der Waals surface area contributed by atoms with Gasteiger partial charge in [0.25, 0.3) is 0 Å². The minimum absolute atomic E-state index is 0.217. The molecule has 0 heterocycles. The molecule has 76 valence electrons. The molecule has 0 bridgehead atoms. The molecule has 0 saturated carbocycles. The number of rotatable bonds is 4. The summed E-state index contributed by atoms with van der Waals surface area (Å²) in [5.41, 5.74) is 1.55. The smallest absolute Gasteiger partial charge is 0.00704 e. The molecule has 0 fully saturated rings. The molecule has 1 atom stereocenters. The van der Waals surface area contributed by atoms with E-state index in [1.165, 1.54) is 5.57 Å². The van der Waals surface area contributed by atoms with Gasteiger partial charge < -0.3 is 5.32 Å². The molecule has 1 unspecified atom stereocenters. The van der Waals surface area contributed by atoms with Gasteiger partial charge in [-0.25, -0.2) is 0 Å². The van der Waals surface area contributed by atoms with Crippen molar-refractivity contribution in [3.8, 4) is 0 Å². The van der Waals surface area contributed by atoms with Crippen LogP contribution < -0.4 is 5.32 Å². The van der Waals surface area contributed by atoms with Crippen LogP contribution in [0.3, 0.4) is 0 Å². The Morgan fingerprint density at radius 2 is 2.00 bits per heavy atom. The van der Waals surface area contributed by atoms with Crippen LogP contribution in [0.4, 0.5) is 0 Å². The van der Waals surface area contributed by atoms with E-state index in [0.29, 0.717) is 6.04 Å². The van der Waals surface area contributed by atoms with Crippen LogP contribution in [0, 0.1) is 5.41 Å². The first-order valence-electron chi connectivity index (χ1n) is 4.92. The van der Waals surface area contributed by atoms with Crippen molar-refractivity contribution in [3.63, 3.8) is 0 Å². The third-order valence-electron chi connectivity index (χ3n) is 2.27. The molecular weight excluding hydrogens is 158 g/mol. The first kappa shape index (κ1) is 12.4. The van der Waals surface area contributed by atoms with Gasteiger partial charge in [0.05, 0.1) is 0 Å². The Kier molecular flexibility index (Phi) is 5.01. The average molecular weight is 181 g/mol. The molecule has 0 aromatic heterocycles. The third kappa shape index (κ3) is 4.89. The quantitative estimate of drug-likeness (QED) is 0.657. The van der Waals surface area contributed by atoms with Gasteiger partial charge in [-0.3, -0.25) is 0 Å². The molecule has 0 aromatic carbocycles. The SMILES string of the molecule is C=C/C(=C\CC(C)NC)C(C)(C)C. The summed E-state index contributed by atoms with van der Waals surface area (Å²) in [6.07, 6.45) is 5.30. The van der Waals surface area contributed by atoms with Crippen molar-refractivity contribution in [3.05, 3.63) is 24.3 Å². The van der Waals surface area contributed by atoms with Gasteiger partial charge in [0.15, 0.2) is 0 Å². The summed E-state index contributed by atoms with van der Waals surface area (Å²) in [5, 5.41) is 3.22. The van der Waals surface area contributed by atoms with E-state index < -0.39 is 0 Å². The van der Waals surface area contributed by atoms with Crippen LogP contribution in [0.5, 0.6) is 0 Å². The van der Waals surface area contributed by atoms with Crippen LogP contribution in [0.2, 0.25) is 0 Å². The van der Waals surface area contributed by atoms with Crippen LogP contribution in [-0.4, -0.2) is 13.1 Å². The number of hydrogen-bond acceptors (Lipinski definition) is 1. The summed E-state index contributed by atoms with van der Waals surface area (Å²) < 4.78 is 0. The van der Waals surface area contributed by atoms with Gasteiger partial charge in [-0.05, 0) is 31.4 Å². The van der Waals surface area contributed by atoms with Crippen molar-refractivity contribution >= 4 is 0 Å².